The van der Waals surface area contributed by atoms with Gasteiger partial charge in [0.2, 0.25) is 5.69 Å². The van der Waals surface area contributed by atoms with Crippen LogP contribution in [-0.2, 0) is 5.75 Å². The van der Waals surface area contributed by atoms with Crippen molar-refractivity contribution < 1.29 is 0 Å². The number of thiazole rings is 1. The molecule has 8 heteroatoms. The molecule has 0 saturated carbocycles. The van der Waals surface area contributed by atoms with Gasteiger partial charge in [-0.1, -0.05) is 47.6 Å². The lowest BCUT2D eigenvalue weighted by Gasteiger charge is -2.22. The number of allylic oxidation sites excluding steroid dienone is 2. The Morgan fingerprint density at radius 1 is 1.29 bits per heavy atom. The van der Waals surface area contributed by atoms with Gasteiger partial charge in [-0.3, -0.25) is 0 Å². The molecule has 0 saturated heterocycles. The van der Waals surface area contributed by atoms with Gasteiger partial charge in [0, 0.05) is 21.7 Å². The number of rotatable bonds is 5. The van der Waals surface area contributed by atoms with Gasteiger partial charge < -0.3 is 5.73 Å². The number of nitrogens with two attached hydrogens (primary N) is 1. The fraction of sp³-hybridized carbons (Fsp3) is 0.217. The topological polar surface area (TPSA) is 79.9 Å². The van der Waals surface area contributed by atoms with Gasteiger partial charge in [0.05, 0.1) is 17.8 Å². The van der Waals surface area contributed by atoms with Gasteiger partial charge in [0.25, 0.3) is 0 Å². The van der Waals surface area contributed by atoms with Crippen LogP contribution in [0.1, 0.15) is 42.0 Å². The van der Waals surface area contributed by atoms with Crippen LogP contribution in [0.15, 0.2) is 46.8 Å². The van der Waals surface area contributed by atoms with Crippen LogP contribution in [0.3, 0.4) is 0 Å². The maximum Gasteiger partial charge on any atom is 0.232 e. The molecule has 2 heterocycles. The minimum absolute atomic E-state index is 0.115. The summed E-state index contributed by atoms with van der Waals surface area (Å²) >= 11 is 8.97. The molecule has 31 heavy (non-hydrogen) atoms. The zero-order valence-corrected chi connectivity index (χ0v) is 18.9. The summed E-state index contributed by atoms with van der Waals surface area (Å²) in [6.07, 6.45) is 6.89. The van der Waals surface area contributed by atoms with Crippen LogP contribution in [0.25, 0.3) is 15.4 Å². The van der Waals surface area contributed by atoms with Crippen molar-refractivity contribution in [2.75, 3.05) is 5.73 Å². The Balaban J connectivity index is 1.61. The first-order chi connectivity index (χ1) is 15.1. The minimum atomic E-state index is 0.115. The number of anilines is 1. The highest BCUT2D eigenvalue weighted by Crippen LogP contribution is 2.43. The van der Waals surface area contributed by atoms with Crippen LogP contribution in [0.2, 0.25) is 5.02 Å². The van der Waals surface area contributed by atoms with Crippen LogP contribution in [0, 0.1) is 17.9 Å². The lowest BCUT2D eigenvalue weighted by molar-refractivity contribution is 0.615. The van der Waals surface area contributed by atoms with E-state index in [2.05, 4.69) is 28.1 Å². The van der Waals surface area contributed by atoms with Crippen LogP contribution in [0.4, 0.5) is 11.5 Å². The second kappa shape index (κ2) is 9.53. The number of aromatic nitrogens is 2. The summed E-state index contributed by atoms with van der Waals surface area (Å²) in [5.74, 6) is 0.873. The number of halogens is 1. The Morgan fingerprint density at radius 3 is 2.77 bits per heavy atom. The number of benzene rings is 1. The van der Waals surface area contributed by atoms with Crippen LogP contribution >= 0.6 is 34.7 Å². The van der Waals surface area contributed by atoms with Gasteiger partial charge >= 0.3 is 0 Å². The minimum Gasteiger partial charge on any atom is -0.392 e. The van der Waals surface area contributed by atoms with Crippen molar-refractivity contribution in [3.63, 3.8) is 0 Å². The number of hydrogen-bond donors (Lipinski definition) is 1. The Kier molecular flexibility index (Phi) is 6.58. The Bertz CT molecular complexity index is 1220. The average molecular weight is 464 g/mol. The molecule has 3 aromatic rings. The smallest absolute Gasteiger partial charge is 0.232 e. The average Bonchev–Trinajstić information content (AvgIpc) is 3.27. The molecule has 5 nitrogen and oxygen atoms in total. The largest absolute Gasteiger partial charge is 0.392 e. The first-order valence-corrected chi connectivity index (χ1v) is 11.9. The lowest BCUT2D eigenvalue weighted by atomic mass is 9.85. The zero-order chi connectivity index (χ0) is 21.8. The van der Waals surface area contributed by atoms with E-state index in [1.165, 1.54) is 11.8 Å². The third kappa shape index (κ3) is 4.60. The predicted octanol–water partition coefficient (Wildman–Crippen LogP) is 6.98. The molecule has 2 aromatic heterocycles. The van der Waals surface area contributed by atoms with Crippen molar-refractivity contribution >= 4 is 46.2 Å². The van der Waals surface area contributed by atoms with Crippen molar-refractivity contribution in [3.05, 3.63) is 75.1 Å². The van der Waals surface area contributed by atoms with Gasteiger partial charge in [-0.2, -0.15) is 5.26 Å². The number of nitrogens with zero attached hydrogens (tertiary/aromatic N) is 4. The molecule has 1 unspecified atom stereocenters. The fourth-order valence-corrected chi connectivity index (χ4v) is 5.57. The first kappa shape index (κ1) is 21.4. The highest BCUT2D eigenvalue weighted by Gasteiger charge is 2.26. The molecule has 0 bridgehead atoms. The maximum atomic E-state index is 9.92. The summed E-state index contributed by atoms with van der Waals surface area (Å²) in [7, 11) is 0. The number of thioether (sulfide) groups is 1. The van der Waals surface area contributed by atoms with Gasteiger partial charge in [-0.15, -0.1) is 11.3 Å². The summed E-state index contributed by atoms with van der Waals surface area (Å²) < 4.78 is 0. The van der Waals surface area contributed by atoms with E-state index in [0.29, 0.717) is 27.1 Å². The maximum absolute atomic E-state index is 9.92. The summed E-state index contributed by atoms with van der Waals surface area (Å²) in [5, 5.41) is 14.1. The molecule has 2 N–H and O–H groups in total. The number of hydrogen-bond acceptors (Lipinski definition) is 6. The summed E-state index contributed by atoms with van der Waals surface area (Å²) in [6, 6.07) is 9.89. The molecule has 0 radical (unpaired) electrons. The molecule has 4 rings (SSSR count). The van der Waals surface area contributed by atoms with Crippen molar-refractivity contribution in [2.24, 2.45) is 0 Å². The van der Waals surface area contributed by atoms with E-state index in [-0.39, 0.29) is 11.7 Å². The molecule has 0 spiro atoms. The standard InChI is InChI=1S/C23H18ClN5S2/c1-27-20-19(14-5-3-2-4-6-14)18(11-25)23(29-21(20)26)31-13-17-12-30-22(28-17)15-7-9-16(24)10-8-15/h2-3,7-10,12,14H,4-6,13H2,(H2,26,29). The van der Waals surface area contributed by atoms with Gasteiger partial charge in [0.1, 0.15) is 21.9 Å². The summed E-state index contributed by atoms with van der Waals surface area (Å²) in [5.41, 5.74) is 9.59. The van der Waals surface area contributed by atoms with E-state index in [9.17, 15) is 5.26 Å². The molecule has 1 atom stereocenters. The second-order valence-corrected chi connectivity index (χ2v) is 9.34. The van der Waals surface area contributed by atoms with Crippen molar-refractivity contribution in [2.45, 2.75) is 36.0 Å². The van der Waals surface area contributed by atoms with E-state index < -0.39 is 0 Å². The van der Waals surface area contributed by atoms with Crippen LogP contribution < -0.4 is 5.73 Å². The zero-order valence-electron chi connectivity index (χ0n) is 16.5. The van der Waals surface area contributed by atoms with E-state index in [4.69, 9.17) is 28.9 Å². The third-order valence-electron chi connectivity index (χ3n) is 5.10. The van der Waals surface area contributed by atoms with Gasteiger partial charge in [0.15, 0.2) is 0 Å². The number of pyridine rings is 1. The van der Waals surface area contributed by atoms with Gasteiger partial charge in [-0.05, 0) is 42.9 Å². The summed E-state index contributed by atoms with van der Waals surface area (Å²) in [4.78, 5) is 12.7. The quantitative estimate of drug-likeness (QED) is 0.251. The predicted molar refractivity (Wildman–Crippen MR) is 127 cm³/mol. The van der Waals surface area contributed by atoms with E-state index in [1.807, 2.05) is 29.6 Å². The number of nitrogen functional groups attached to an aromatic ring is 1. The first-order valence-electron chi connectivity index (χ1n) is 9.69. The van der Waals surface area contributed by atoms with Crippen molar-refractivity contribution in [1.82, 2.24) is 9.97 Å². The molecular weight excluding hydrogens is 446 g/mol. The highest BCUT2D eigenvalue weighted by molar-refractivity contribution is 7.98. The normalized spacial score (nSPS) is 15.4. The van der Waals surface area contributed by atoms with E-state index in [1.54, 1.807) is 11.3 Å². The Hall–Kier alpha value is -2.84. The van der Waals surface area contributed by atoms with Crippen molar-refractivity contribution in [3.8, 4) is 16.6 Å². The summed E-state index contributed by atoms with van der Waals surface area (Å²) in [6.45, 7) is 7.57. The van der Waals surface area contributed by atoms with E-state index >= 15 is 0 Å². The third-order valence-corrected chi connectivity index (χ3v) is 7.30. The lowest BCUT2D eigenvalue weighted by Crippen LogP contribution is -2.08. The molecule has 0 aliphatic heterocycles. The molecule has 0 fully saturated rings. The van der Waals surface area contributed by atoms with E-state index in [0.717, 1.165) is 41.1 Å². The molecule has 0 amide bonds. The molecule has 1 aliphatic rings. The second-order valence-electron chi connectivity index (χ2n) is 7.08. The molecule has 1 aliphatic carbocycles. The van der Waals surface area contributed by atoms with Crippen molar-refractivity contribution in [1.29, 1.82) is 5.26 Å². The Labute approximate surface area is 194 Å². The number of nitriles is 1. The highest BCUT2D eigenvalue weighted by atomic mass is 35.5. The molecule has 154 valence electrons. The Morgan fingerprint density at radius 2 is 2.10 bits per heavy atom. The van der Waals surface area contributed by atoms with Crippen LogP contribution in [-0.4, -0.2) is 9.97 Å². The molecule has 1 aromatic carbocycles. The van der Waals surface area contributed by atoms with Crippen LogP contribution in [0.5, 0.6) is 0 Å². The SMILES string of the molecule is [C-]#[N+]c1c(N)nc(SCc2csc(-c3ccc(Cl)cc3)n2)c(C#N)c1C1CC=CCC1. The molecular formula is C23H18ClN5S2. The monoisotopic (exact) mass is 463 g/mol. The fourth-order valence-electron chi connectivity index (χ4n) is 3.61. The van der Waals surface area contributed by atoms with Gasteiger partial charge in [-0.25, -0.2) is 14.8 Å².